The zero-order valence-corrected chi connectivity index (χ0v) is 59.7. The van der Waals surface area contributed by atoms with Crippen LogP contribution in [0.1, 0.15) is 207 Å². The standard InChI is InChI=1S/C80H100Cl4O12/c1-5-9-21-37-61-45-49-65-57(53-69(81)77(65)89)33-25-14-18-30-42-74(86)94-63(39-23-11-7-3)47-51-67-59(55-71(83)79(67)91)35-27-16-20-32-44-76(88)96-64(40-24-12-8-4)48-52-68-60(56-72(84)80(68)92)36-28-15-19-31-43-75(87)95-62(38-22-10-6-2)46-50-66-58(54-70(82)78(66)90)34-26-13-17-29-41-73(85)93-61/h9-16,21-28,49-64H,5-8,17-20,29-48H2,1-4H3/b21-9-,22-10-,23-11-,24-12-,25-14-,26-13-,27-16-,28-15-,65-49+,66-50+,67-51+,68-52+/t57-,58?,59?,60-,61-,62+,63+,64-/m0/s1. The van der Waals surface area contributed by atoms with E-state index in [-0.39, 0.29) is 116 Å². The van der Waals surface area contributed by atoms with E-state index in [9.17, 15) is 38.4 Å². The number of hydrogen-bond donors (Lipinski definition) is 0. The van der Waals surface area contributed by atoms with Gasteiger partial charge >= 0.3 is 23.9 Å². The number of hydrogen-bond acceptors (Lipinski definition) is 12. The van der Waals surface area contributed by atoms with Crippen molar-refractivity contribution in [3.63, 3.8) is 0 Å². The number of ether oxygens (including phenoxy) is 4. The molecule has 0 bridgehead atoms. The SMILES string of the molecule is CC/C=C\C[C@@H]1C/C=C2/C(=O)C(Cl)=CC2C/C=C\CCCC(=O)O[C@@H](C/C=C\CC)C/C=C2/C(=O)C(Cl)=C[C@@H]2C/C=C\CCCC(=O)O[C@H](C/C=C\CC)C/C=C2/C(=O)C(Cl)=CC2C/C=C\CCCC(=O)O[C@@H](C/C=C\CC)C/C=C2/C(=O)C(Cl)=C[C@@H]2C/C=C\CCCC(=O)O1. The first kappa shape index (κ1) is 80.2. The summed E-state index contributed by atoms with van der Waals surface area (Å²) in [6, 6.07) is 0. The first-order valence-electron chi connectivity index (χ1n) is 34.9. The van der Waals surface area contributed by atoms with Crippen molar-refractivity contribution in [3.8, 4) is 0 Å². The van der Waals surface area contributed by atoms with Gasteiger partial charge in [-0.3, -0.25) is 38.4 Å². The molecular formula is C80H100Cl4O12. The van der Waals surface area contributed by atoms with Crippen LogP contribution >= 0.6 is 46.4 Å². The molecule has 4 aliphatic carbocycles. The lowest BCUT2D eigenvalue weighted by Crippen LogP contribution is -2.18. The first-order valence-corrected chi connectivity index (χ1v) is 36.4. The topological polar surface area (TPSA) is 173 Å². The second-order valence-electron chi connectivity index (χ2n) is 24.7. The Morgan fingerprint density at radius 3 is 0.719 bits per heavy atom. The first-order chi connectivity index (χ1) is 46.5. The van der Waals surface area contributed by atoms with Gasteiger partial charge in [-0.1, -0.05) is 220 Å². The Balaban J connectivity index is 1.29. The van der Waals surface area contributed by atoms with Crippen molar-refractivity contribution in [1.82, 2.24) is 0 Å². The van der Waals surface area contributed by atoms with Crippen molar-refractivity contribution in [3.05, 3.63) is 188 Å². The Hall–Kier alpha value is -6.44. The number of carbonyl (C=O) groups excluding carboxylic acids is 8. The second-order valence-corrected chi connectivity index (χ2v) is 26.3. The van der Waals surface area contributed by atoms with Gasteiger partial charge in [0, 0.05) is 123 Å². The maximum Gasteiger partial charge on any atom is 0.306 e. The average molecular weight is 1400 g/mol. The third-order valence-electron chi connectivity index (χ3n) is 16.9. The van der Waals surface area contributed by atoms with E-state index in [1.165, 1.54) is 0 Å². The normalized spacial score (nSPS) is 29.6. The fourth-order valence-corrected chi connectivity index (χ4v) is 12.7. The average Bonchev–Trinajstić information content (AvgIpc) is 1.79. The molecule has 520 valence electrons. The van der Waals surface area contributed by atoms with Gasteiger partial charge in [0.05, 0.1) is 20.1 Å². The van der Waals surface area contributed by atoms with Crippen LogP contribution in [0.15, 0.2) is 188 Å². The van der Waals surface area contributed by atoms with Gasteiger partial charge in [-0.25, -0.2) is 0 Å². The van der Waals surface area contributed by atoms with Crippen molar-refractivity contribution < 1.29 is 57.3 Å². The lowest BCUT2D eigenvalue weighted by atomic mass is 9.95. The minimum Gasteiger partial charge on any atom is -0.462 e. The maximum absolute atomic E-state index is 13.3. The van der Waals surface area contributed by atoms with Gasteiger partial charge in [-0.2, -0.15) is 0 Å². The van der Waals surface area contributed by atoms with Gasteiger partial charge in [0.25, 0.3) is 0 Å². The summed E-state index contributed by atoms with van der Waals surface area (Å²) in [7, 11) is 0. The molecule has 0 fully saturated rings. The van der Waals surface area contributed by atoms with Gasteiger partial charge in [0.1, 0.15) is 24.4 Å². The van der Waals surface area contributed by atoms with Crippen molar-refractivity contribution in [2.24, 2.45) is 23.7 Å². The van der Waals surface area contributed by atoms with E-state index < -0.39 is 24.4 Å². The molecule has 0 saturated carbocycles. The van der Waals surface area contributed by atoms with Crippen LogP contribution in [-0.2, 0) is 57.3 Å². The number of rotatable bonds is 12. The largest absolute Gasteiger partial charge is 0.462 e. The highest BCUT2D eigenvalue weighted by Crippen LogP contribution is 2.37. The zero-order valence-electron chi connectivity index (χ0n) is 56.7. The van der Waals surface area contributed by atoms with Gasteiger partial charge in [0.15, 0.2) is 23.1 Å². The summed E-state index contributed by atoms with van der Waals surface area (Å²) in [6.07, 6.45) is 58.2. The number of allylic oxidation sites excluding steroid dienone is 24. The summed E-state index contributed by atoms with van der Waals surface area (Å²) in [4.78, 5) is 106. The highest BCUT2D eigenvalue weighted by Gasteiger charge is 2.32. The fraction of sp³-hybridized carbons (Fsp3) is 0.500. The molecule has 0 aromatic heterocycles. The predicted octanol–water partition coefficient (Wildman–Crippen LogP) is 20.1. The number of Topliss-reactive ketones (excluding diaryl/α,β-unsaturated/α-hetero) is 4. The summed E-state index contributed by atoms with van der Waals surface area (Å²) in [6.45, 7) is 8.11. The molecule has 5 aliphatic rings. The number of carbonyl (C=O) groups is 8. The monoisotopic (exact) mass is 1390 g/mol. The molecule has 0 aromatic carbocycles. The molecule has 96 heavy (non-hydrogen) atoms. The maximum atomic E-state index is 13.3. The molecule has 0 saturated heterocycles. The minimum absolute atomic E-state index is 0.151. The number of esters is 4. The summed E-state index contributed by atoms with van der Waals surface area (Å²) < 4.78 is 24.0. The van der Waals surface area contributed by atoms with E-state index in [4.69, 9.17) is 65.4 Å². The van der Waals surface area contributed by atoms with E-state index in [0.717, 1.165) is 25.7 Å². The van der Waals surface area contributed by atoms with Crippen LogP contribution in [0.2, 0.25) is 0 Å². The van der Waals surface area contributed by atoms with E-state index in [0.29, 0.717) is 151 Å². The van der Waals surface area contributed by atoms with E-state index in [2.05, 4.69) is 0 Å². The van der Waals surface area contributed by atoms with E-state index in [1.807, 2.05) is 149 Å². The Morgan fingerprint density at radius 2 is 0.521 bits per heavy atom. The van der Waals surface area contributed by atoms with Crippen LogP contribution in [0, 0.1) is 23.7 Å². The number of ketones is 4. The fourth-order valence-electron chi connectivity index (χ4n) is 11.7. The Bertz CT molecular complexity index is 2750. The van der Waals surface area contributed by atoms with E-state index in [1.54, 1.807) is 24.3 Å². The Kier molecular flexibility index (Phi) is 38.4. The quantitative estimate of drug-likeness (QED) is 0.103. The molecule has 0 spiro atoms. The van der Waals surface area contributed by atoms with Crippen molar-refractivity contribution in [2.75, 3.05) is 0 Å². The van der Waals surface area contributed by atoms with Gasteiger partial charge in [-0.15, -0.1) is 0 Å². The number of fused-ring (bicyclic) bond motifs is 4. The van der Waals surface area contributed by atoms with Crippen molar-refractivity contribution in [2.45, 2.75) is 232 Å². The van der Waals surface area contributed by atoms with Crippen LogP contribution in [0.5, 0.6) is 0 Å². The van der Waals surface area contributed by atoms with Gasteiger partial charge in [-0.05, 0) is 103 Å². The van der Waals surface area contributed by atoms with Crippen molar-refractivity contribution in [1.29, 1.82) is 0 Å². The van der Waals surface area contributed by atoms with Crippen LogP contribution in [0.3, 0.4) is 0 Å². The molecule has 1 aliphatic heterocycles. The van der Waals surface area contributed by atoms with E-state index >= 15 is 0 Å². The molecular weight excluding hydrogens is 1290 g/mol. The molecule has 0 aromatic rings. The number of cyclic esters (lactones) is 4. The third-order valence-corrected chi connectivity index (χ3v) is 18.1. The molecule has 0 N–H and O–H groups in total. The summed E-state index contributed by atoms with van der Waals surface area (Å²) >= 11 is 25.7. The van der Waals surface area contributed by atoms with Crippen LogP contribution < -0.4 is 0 Å². The van der Waals surface area contributed by atoms with Gasteiger partial charge < -0.3 is 18.9 Å². The molecule has 0 amide bonds. The summed E-state index contributed by atoms with van der Waals surface area (Å²) in [5.41, 5.74) is 2.21. The molecule has 2 unspecified atom stereocenters. The highest BCUT2D eigenvalue weighted by molar-refractivity contribution is 6.47. The van der Waals surface area contributed by atoms with Crippen LogP contribution in [0.25, 0.3) is 0 Å². The van der Waals surface area contributed by atoms with Crippen LogP contribution in [0.4, 0.5) is 0 Å². The Morgan fingerprint density at radius 1 is 0.312 bits per heavy atom. The zero-order chi connectivity index (χ0) is 69.5. The molecule has 12 nitrogen and oxygen atoms in total. The number of halogens is 4. The third kappa shape index (κ3) is 29.3. The highest BCUT2D eigenvalue weighted by atomic mass is 35.5. The summed E-state index contributed by atoms with van der Waals surface area (Å²) in [5, 5.41) is 0.604. The van der Waals surface area contributed by atoms with Gasteiger partial charge in [0.2, 0.25) is 0 Å². The van der Waals surface area contributed by atoms with Crippen molar-refractivity contribution >= 4 is 93.4 Å². The second kappa shape index (κ2) is 45.9. The van der Waals surface area contributed by atoms with Crippen LogP contribution in [-0.4, -0.2) is 71.4 Å². The molecule has 0 radical (unpaired) electrons. The predicted molar refractivity (Wildman–Crippen MR) is 387 cm³/mol. The molecule has 8 atom stereocenters. The minimum atomic E-state index is -0.491. The summed E-state index contributed by atoms with van der Waals surface area (Å²) in [5.74, 6) is -3.40. The smallest absolute Gasteiger partial charge is 0.306 e. The molecule has 5 rings (SSSR count). The molecule has 1 heterocycles. The Labute approximate surface area is 590 Å². The lowest BCUT2D eigenvalue weighted by molar-refractivity contribution is -0.149. The molecule has 16 heteroatoms. The lowest BCUT2D eigenvalue weighted by Gasteiger charge is -2.16.